The largest absolute Gasteiger partial charge is 0.309 e. The van der Waals surface area contributed by atoms with Crippen molar-refractivity contribution >= 4 is 10.0 Å². The van der Waals surface area contributed by atoms with Crippen molar-refractivity contribution in [2.45, 2.75) is 13.0 Å². The molecule has 0 fully saturated rings. The molecule has 90 valence electrons. The molecule has 0 bridgehead atoms. The number of hydrogen-bond donors (Lipinski definition) is 2. The molecule has 0 aliphatic rings. The highest BCUT2D eigenvalue weighted by atomic mass is 32.2. The van der Waals surface area contributed by atoms with Gasteiger partial charge in [0.1, 0.15) is 0 Å². The van der Waals surface area contributed by atoms with Gasteiger partial charge in [-0.05, 0) is 12.5 Å². The van der Waals surface area contributed by atoms with E-state index >= 15 is 0 Å². The van der Waals surface area contributed by atoms with Crippen LogP contribution in [0.2, 0.25) is 0 Å². The average Bonchev–Trinajstić information content (AvgIpc) is 2.24. The van der Waals surface area contributed by atoms with Crippen molar-refractivity contribution in [3.63, 3.8) is 0 Å². The van der Waals surface area contributed by atoms with Crippen LogP contribution in [0, 0.1) is 0 Å². The highest BCUT2D eigenvalue weighted by Crippen LogP contribution is 2.09. The van der Waals surface area contributed by atoms with E-state index in [1.165, 1.54) is 5.56 Å². The van der Waals surface area contributed by atoms with Crippen molar-refractivity contribution in [1.29, 1.82) is 0 Å². The third-order valence-corrected chi connectivity index (χ3v) is 2.97. The summed E-state index contributed by atoms with van der Waals surface area (Å²) in [6.07, 6.45) is 1.16. The zero-order valence-corrected chi connectivity index (χ0v) is 10.4. The topological polar surface area (TPSA) is 58.2 Å². The van der Waals surface area contributed by atoms with E-state index in [0.29, 0.717) is 13.1 Å². The van der Waals surface area contributed by atoms with Gasteiger partial charge in [0.25, 0.3) is 0 Å². The van der Waals surface area contributed by atoms with Crippen molar-refractivity contribution in [2.24, 2.45) is 0 Å². The van der Waals surface area contributed by atoms with Crippen molar-refractivity contribution in [3.8, 4) is 0 Å². The summed E-state index contributed by atoms with van der Waals surface area (Å²) in [5.41, 5.74) is 1.20. The molecule has 4 nitrogen and oxygen atoms in total. The summed E-state index contributed by atoms with van der Waals surface area (Å²) in [6, 6.07) is 10.3. The molecule has 0 aliphatic carbocycles. The molecule has 0 aromatic heterocycles. The maximum atomic E-state index is 10.8. The Balaban J connectivity index is 2.29. The summed E-state index contributed by atoms with van der Waals surface area (Å²) in [7, 11) is -3.08. The highest BCUT2D eigenvalue weighted by molar-refractivity contribution is 7.88. The quantitative estimate of drug-likeness (QED) is 0.728. The zero-order chi connectivity index (χ0) is 12.0. The van der Waals surface area contributed by atoms with Gasteiger partial charge in [-0.2, -0.15) is 0 Å². The molecule has 1 aromatic carbocycles. The first-order valence-electron chi connectivity index (χ1n) is 5.22. The minimum atomic E-state index is -3.08. The van der Waals surface area contributed by atoms with E-state index in [2.05, 4.69) is 17.0 Å². The van der Waals surface area contributed by atoms with Gasteiger partial charge in [0.15, 0.2) is 0 Å². The zero-order valence-electron chi connectivity index (χ0n) is 9.60. The Morgan fingerprint density at radius 1 is 1.19 bits per heavy atom. The van der Waals surface area contributed by atoms with Crippen molar-refractivity contribution in [1.82, 2.24) is 10.0 Å². The lowest BCUT2D eigenvalue weighted by Gasteiger charge is -2.13. The van der Waals surface area contributed by atoms with Gasteiger partial charge >= 0.3 is 0 Å². The van der Waals surface area contributed by atoms with Crippen molar-refractivity contribution in [3.05, 3.63) is 35.9 Å². The lowest BCUT2D eigenvalue weighted by Crippen LogP contribution is -2.32. The van der Waals surface area contributed by atoms with Crippen LogP contribution >= 0.6 is 0 Å². The van der Waals surface area contributed by atoms with Crippen molar-refractivity contribution in [2.75, 3.05) is 19.3 Å². The van der Waals surface area contributed by atoms with Gasteiger partial charge < -0.3 is 5.32 Å². The Labute approximate surface area is 97.1 Å². The standard InChI is InChI=1S/C11H18N2O2S/c1-10(11-6-4-3-5-7-11)12-8-9-13-16(2,14)15/h3-7,10,12-13H,8-9H2,1-2H3. The van der Waals surface area contributed by atoms with Crippen LogP contribution in [-0.2, 0) is 10.0 Å². The van der Waals surface area contributed by atoms with Gasteiger partial charge in [-0.1, -0.05) is 30.3 Å². The second kappa shape index (κ2) is 5.98. The second-order valence-corrected chi connectivity index (χ2v) is 5.59. The SMILES string of the molecule is CC(NCCNS(C)(=O)=O)c1ccccc1. The van der Waals surface area contributed by atoms with E-state index < -0.39 is 10.0 Å². The van der Waals surface area contributed by atoms with Crippen LogP contribution in [0.1, 0.15) is 18.5 Å². The molecule has 1 rings (SSSR count). The minimum Gasteiger partial charge on any atom is -0.309 e. The molecule has 0 saturated carbocycles. The number of nitrogens with one attached hydrogen (secondary N) is 2. The first-order valence-corrected chi connectivity index (χ1v) is 7.11. The number of rotatable bonds is 6. The average molecular weight is 242 g/mol. The molecule has 0 saturated heterocycles. The van der Waals surface area contributed by atoms with Crippen LogP contribution in [0.15, 0.2) is 30.3 Å². The first-order chi connectivity index (χ1) is 7.49. The minimum absolute atomic E-state index is 0.225. The maximum absolute atomic E-state index is 10.8. The molecule has 1 aromatic rings. The Hall–Kier alpha value is -0.910. The Bertz CT molecular complexity index is 403. The smallest absolute Gasteiger partial charge is 0.208 e. The summed E-state index contributed by atoms with van der Waals surface area (Å²) in [4.78, 5) is 0. The summed E-state index contributed by atoms with van der Waals surface area (Å²) >= 11 is 0. The normalized spacial score (nSPS) is 13.6. The lowest BCUT2D eigenvalue weighted by molar-refractivity contribution is 0.556. The van der Waals surface area contributed by atoms with Gasteiger partial charge in [-0.25, -0.2) is 13.1 Å². The molecule has 0 radical (unpaired) electrons. The molecule has 5 heteroatoms. The van der Waals surface area contributed by atoms with Gasteiger partial charge in [0, 0.05) is 19.1 Å². The number of benzene rings is 1. The van der Waals surface area contributed by atoms with Crippen LogP contribution in [0.4, 0.5) is 0 Å². The number of sulfonamides is 1. The molecule has 2 N–H and O–H groups in total. The number of hydrogen-bond acceptors (Lipinski definition) is 3. The maximum Gasteiger partial charge on any atom is 0.208 e. The second-order valence-electron chi connectivity index (χ2n) is 3.75. The molecule has 0 aliphatic heterocycles. The van der Waals surface area contributed by atoms with Gasteiger partial charge in [0.05, 0.1) is 6.26 Å². The molecule has 0 spiro atoms. The molecule has 0 amide bonds. The fourth-order valence-corrected chi connectivity index (χ4v) is 1.86. The van der Waals surface area contributed by atoms with E-state index in [0.717, 1.165) is 6.26 Å². The highest BCUT2D eigenvalue weighted by Gasteiger charge is 2.04. The molecular weight excluding hydrogens is 224 g/mol. The Morgan fingerprint density at radius 3 is 2.38 bits per heavy atom. The van der Waals surface area contributed by atoms with Gasteiger partial charge in [0.2, 0.25) is 10.0 Å². The van der Waals surface area contributed by atoms with E-state index in [1.807, 2.05) is 30.3 Å². The van der Waals surface area contributed by atoms with Crippen LogP contribution in [-0.4, -0.2) is 27.8 Å². The predicted octanol–water partition coefficient (Wildman–Crippen LogP) is 0.886. The summed E-state index contributed by atoms with van der Waals surface area (Å²) < 4.78 is 24.1. The summed E-state index contributed by atoms with van der Waals surface area (Å²) in [5, 5.41) is 3.24. The molecule has 1 atom stereocenters. The molecular formula is C11H18N2O2S. The first kappa shape index (κ1) is 13.2. The van der Waals surface area contributed by atoms with Crippen LogP contribution < -0.4 is 10.0 Å². The Kier molecular flexibility index (Phi) is 4.92. The van der Waals surface area contributed by atoms with Gasteiger partial charge in [-0.15, -0.1) is 0 Å². The fourth-order valence-electron chi connectivity index (χ4n) is 1.38. The van der Waals surface area contributed by atoms with Crippen LogP contribution in [0.5, 0.6) is 0 Å². The third kappa shape index (κ3) is 5.25. The third-order valence-electron chi connectivity index (χ3n) is 2.24. The van der Waals surface area contributed by atoms with E-state index in [-0.39, 0.29) is 6.04 Å². The molecule has 1 unspecified atom stereocenters. The summed E-state index contributed by atoms with van der Waals surface area (Å²) in [6.45, 7) is 3.08. The van der Waals surface area contributed by atoms with E-state index in [1.54, 1.807) is 0 Å². The van der Waals surface area contributed by atoms with E-state index in [4.69, 9.17) is 0 Å². The Morgan fingerprint density at radius 2 is 1.81 bits per heavy atom. The van der Waals surface area contributed by atoms with Gasteiger partial charge in [-0.3, -0.25) is 0 Å². The lowest BCUT2D eigenvalue weighted by atomic mass is 10.1. The molecule has 16 heavy (non-hydrogen) atoms. The monoisotopic (exact) mass is 242 g/mol. The predicted molar refractivity (Wildman–Crippen MR) is 65.7 cm³/mol. The van der Waals surface area contributed by atoms with Crippen LogP contribution in [0.25, 0.3) is 0 Å². The fraction of sp³-hybridized carbons (Fsp3) is 0.455. The molecule has 0 heterocycles. The van der Waals surface area contributed by atoms with E-state index in [9.17, 15) is 8.42 Å². The van der Waals surface area contributed by atoms with Crippen LogP contribution in [0.3, 0.4) is 0 Å². The van der Waals surface area contributed by atoms with Crippen molar-refractivity contribution < 1.29 is 8.42 Å². The summed E-state index contributed by atoms with van der Waals surface area (Å²) in [5.74, 6) is 0.